The summed E-state index contributed by atoms with van der Waals surface area (Å²) in [5.74, 6) is -0.958. The molecule has 0 saturated carbocycles. The van der Waals surface area contributed by atoms with Gasteiger partial charge in [0.15, 0.2) is 0 Å². The van der Waals surface area contributed by atoms with Crippen molar-refractivity contribution in [3.8, 4) is 0 Å². The average Bonchev–Trinajstić information content (AvgIpc) is 2.71. The first kappa shape index (κ1) is 20.5. The summed E-state index contributed by atoms with van der Waals surface area (Å²) in [5, 5.41) is 2.61. The zero-order valence-corrected chi connectivity index (χ0v) is 16.9. The Morgan fingerprint density at radius 3 is 2.21 bits per heavy atom. The summed E-state index contributed by atoms with van der Waals surface area (Å²) in [4.78, 5) is 12.7. The molecule has 3 aromatic carbocycles. The van der Waals surface area contributed by atoms with Gasteiger partial charge >= 0.3 is 0 Å². The summed E-state index contributed by atoms with van der Waals surface area (Å²) in [5.41, 5.74) is 2.70. The van der Waals surface area contributed by atoms with Crippen LogP contribution in [-0.2, 0) is 14.8 Å². The van der Waals surface area contributed by atoms with Gasteiger partial charge in [-0.15, -0.1) is 0 Å². The van der Waals surface area contributed by atoms with Gasteiger partial charge in [0.05, 0.1) is 10.6 Å². The Balaban J connectivity index is 1.95. The Kier molecular flexibility index (Phi) is 5.98. The van der Waals surface area contributed by atoms with Crippen LogP contribution in [0.2, 0.25) is 0 Å². The minimum Gasteiger partial charge on any atom is -0.325 e. The van der Waals surface area contributed by atoms with Crippen molar-refractivity contribution >= 4 is 27.3 Å². The molecule has 0 bridgehead atoms. The molecular formula is C22H21FN2O3S. The molecule has 0 spiro atoms. The molecule has 29 heavy (non-hydrogen) atoms. The Morgan fingerprint density at radius 1 is 0.931 bits per heavy atom. The number of nitrogens with zero attached hydrogens (tertiary/aromatic N) is 1. The molecule has 0 aromatic heterocycles. The van der Waals surface area contributed by atoms with E-state index < -0.39 is 28.3 Å². The first-order chi connectivity index (χ1) is 13.8. The second-order valence-electron chi connectivity index (χ2n) is 6.65. The smallest absolute Gasteiger partial charge is 0.264 e. The highest BCUT2D eigenvalue weighted by Crippen LogP contribution is 2.26. The molecule has 3 rings (SSSR count). The molecule has 0 atom stereocenters. The van der Waals surface area contributed by atoms with Crippen LogP contribution in [0.15, 0.2) is 77.7 Å². The molecule has 7 heteroatoms. The van der Waals surface area contributed by atoms with Crippen molar-refractivity contribution in [2.24, 2.45) is 0 Å². The Bertz CT molecular complexity index is 1110. The fourth-order valence-corrected chi connectivity index (χ4v) is 4.21. The number of benzene rings is 3. The van der Waals surface area contributed by atoms with Crippen molar-refractivity contribution in [3.63, 3.8) is 0 Å². The van der Waals surface area contributed by atoms with E-state index in [1.165, 1.54) is 36.4 Å². The summed E-state index contributed by atoms with van der Waals surface area (Å²) in [6.07, 6.45) is 0. The number of carbonyl (C=O) groups is 1. The van der Waals surface area contributed by atoms with Crippen LogP contribution in [0.1, 0.15) is 11.1 Å². The number of aryl methyl sites for hydroxylation is 2. The summed E-state index contributed by atoms with van der Waals surface area (Å²) < 4.78 is 40.7. The molecule has 1 amide bonds. The zero-order chi connectivity index (χ0) is 21.0. The second-order valence-corrected chi connectivity index (χ2v) is 8.51. The quantitative estimate of drug-likeness (QED) is 0.657. The highest BCUT2D eigenvalue weighted by atomic mass is 32.2. The lowest BCUT2D eigenvalue weighted by Crippen LogP contribution is -2.38. The van der Waals surface area contributed by atoms with Crippen molar-refractivity contribution < 1.29 is 17.6 Å². The summed E-state index contributed by atoms with van der Waals surface area (Å²) >= 11 is 0. The van der Waals surface area contributed by atoms with Crippen molar-refractivity contribution in [2.45, 2.75) is 18.7 Å². The number of sulfonamides is 1. The third kappa shape index (κ3) is 4.81. The van der Waals surface area contributed by atoms with E-state index in [4.69, 9.17) is 0 Å². The normalized spacial score (nSPS) is 11.1. The maximum absolute atomic E-state index is 13.3. The molecular weight excluding hydrogens is 391 g/mol. The van der Waals surface area contributed by atoms with Crippen LogP contribution < -0.4 is 9.62 Å². The van der Waals surface area contributed by atoms with Gasteiger partial charge < -0.3 is 5.32 Å². The minimum atomic E-state index is -3.97. The van der Waals surface area contributed by atoms with E-state index in [1.54, 1.807) is 30.3 Å². The maximum atomic E-state index is 13.3. The number of nitrogens with one attached hydrogen (secondary N) is 1. The molecule has 0 aliphatic heterocycles. The predicted molar refractivity (Wildman–Crippen MR) is 112 cm³/mol. The topological polar surface area (TPSA) is 66.5 Å². The van der Waals surface area contributed by atoms with Gasteiger partial charge in [-0.1, -0.05) is 24.3 Å². The molecule has 3 aromatic rings. The number of hydrogen-bond acceptors (Lipinski definition) is 3. The van der Waals surface area contributed by atoms with Crippen LogP contribution in [0.4, 0.5) is 15.8 Å². The molecule has 0 radical (unpaired) electrons. The number of carbonyl (C=O) groups excluding carboxylic acids is 1. The van der Waals surface area contributed by atoms with E-state index in [2.05, 4.69) is 5.32 Å². The predicted octanol–water partition coefficient (Wildman–Crippen LogP) is 4.28. The van der Waals surface area contributed by atoms with Gasteiger partial charge in [-0.3, -0.25) is 9.10 Å². The van der Waals surface area contributed by atoms with Gasteiger partial charge in [-0.25, -0.2) is 12.8 Å². The van der Waals surface area contributed by atoms with E-state index in [0.29, 0.717) is 11.4 Å². The summed E-state index contributed by atoms with van der Waals surface area (Å²) in [6, 6.07) is 18.5. The minimum absolute atomic E-state index is 0.0906. The number of hydrogen-bond donors (Lipinski definition) is 1. The molecule has 1 N–H and O–H groups in total. The first-order valence-electron chi connectivity index (χ1n) is 8.98. The Morgan fingerprint density at radius 2 is 1.59 bits per heavy atom. The Hall–Kier alpha value is -3.19. The zero-order valence-electron chi connectivity index (χ0n) is 16.1. The highest BCUT2D eigenvalue weighted by molar-refractivity contribution is 7.92. The van der Waals surface area contributed by atoms with Gasteiger partial charge in [0.2, 0.25) is 5.91 Å². The number of amides is 1. The van der Waals surface area contributed by atoms with Gasteiger partial charge in [-0.2, -0.15) is 0 Å². The van der Waals surface area contributed by atoms with E-state index in [-0.39, 0.29) is 4.90 Å². The van der Waals surface area contributed by atoms with Crippen LogP contribution in [0.3, 0.4) is 0 Å². The lowest BCUT2D eigenvalue weighted by Gasteiger charge is -2.25. The first-order valence-corrected chi connectivity index (χ1v) is 10.4. The number of halogens is 1. The fraction of sp³-hybridized carbons (Fsp3) is 0.136. The number of anilines is 2. The van der Waals surface area contributed by atoms with Crippen LogP contribution in [0.25, 0.3) is 0 Å². The van der Waals surface area contributed by atoms with E-state index >= 15 is 0 Å². The molecule has 0 unspecified atom stereocenters. The average molecular weight is 412 g/mol. The largest absolute Gasteiger partial charge is 0.325 e. The third-order valence-electron chi connectivity index (χ3n) is 4.52. The van der Waals surface area contributed by atoms with Gasteiger partial charge in [-0.05, 0) is 73.5 Å². The third-order valence-corrected chi connectivity index (χ3v) is 6.31. The van der Waals surface area contributed by atoms with Gasteiger partial charge in [0.1, 0.15) is 12.4 Å². The van der Waals surface area contributed by atoms with Crippen LogP contribution >= 0.6 is 0 Å². The molecule has 5 nitrogen and oxygen atoms in total. The van der Waals surface area contributed by atoms with Crippen LogP contribution in [0, 0.1) is 19.7 Å². The maximum Gasteiger partial charge on any atom is 0.264 e. The van der Waals surface area contributed by atoms with Crippen LogP contribution in [0.5, 0.6) is 0 Å². The van der Waals surface area contributed by atoms with Crippen molar-refractivity contribution in [1.29, 1.82) is 0 Å². The summed E-state index contributed by atoms with van der Waals surface area (Å²) in [6.45, 7) is 3.39. The molecule has 0 saturated heterocycles. The van der Waals surface area contributed by atoms with E-state index in [9.17, 15) is 17.6 Å². The van der Waals surface area contributed by atoms with Crippen molar-refractivity contribution in [2.75, 3.05) is 16.2 Å². The highest BCUT2D eigenvalue weighted by Gasteiger charge is 2.27. The second kappa shape index (κ2) is 8.45. The molecule has 0 aliphatic rings. The lowest BCUT2D eigenvalue weighted by molar-refractivity contribution is -0.114. The fourth-order valence-electron chi connectivity index (χ4n) is 2.78. The van der Waals surface area contributed by atoms with Crippen molar-refractivity contribution in [3.05, 3.63) is 89.7 Å². The molecule has 0 fully saturated rings. The Labute approximate surface area is 169 Å². The molecule has 0 aliphatic carbocycles. The summed E-state index contributed by atoms with van der Waals surface area (Å²) in [7, 11) is -3.97. The van der Waals surface area contributed by atoms with Gasteiger partial charge in [0.25, 0.3) is 10.0 Å². The monoisotopic (exact) mass is 412 g/mol. The van der Waals surface area contributed by atoms with Crippen LogP contribution in [-0.4, -0.2) is 20.9 Å². The molecule has 150 valence electrons. The van der Waals surface area contributed by atoms with Gasteiger partial charge in [0, 0.05) is 5.69 Å². The van der Waals surface area contributed by atoms with Crippen molar-refractivity contribution in [1.82, 2.24) is 0 Å². The van der Waals surface area contributed by atoms with E-state index in [1.807, 2.05) is 19.9 Å². The lowest BCUT2D eigenvalue weighted by atomic mass is 10.1. The standard InChI is InChI=1S/C22H21FN2O3S/c1-16-8-13-20(14-17(16)2)25(29(27,28)21-6-4-3-5-7-21)15-22(26)24-19-11-9-18(23)10-12-19/h3-14H,15H2,1-2H3,(H,24,26). The number of rotatable bonds is 6. The molecule has 0 heterocycles. The van der Waals surface area contributed by atoms with E-state index in [0.717, 1.165) is 15.4 Å². The SMILES string of the molecule is Cc1ccc(N(CC(=O)Nc2ccc(F)cc2)S(=O)(=O)c2ccccc2)cc1C.